The van der Waals surface area contributed by atoms with Crippen molar-refractivity contribution >= 4 is 45.4 Å². The average Bonchev–Trinajstić information content (AvgIpc) is 3.27. The highest BCUT2D eigenvalue weighted by Gasteiger charge is 2.23. The van der Waals surface area contributed by atoms with E-state index in [9.17, 15) is 14.7 Å². The maximum absolute atomic E-state index is 13.7. The van der Waals surface area contributed by atoms with E-state index >= 15 is 0 Å². The van der Waals surface area contributed by atoms with Gasteiger partial charge in [0.1, 0.15) is 4.83 Å². The molecule has 1 amide bonds. The van der Waals surface area contributed by atoms with Gasteiger partial charge >= 0.3 is 0 Å². The van der Waals surface area contributed by atoms with E-state index < -0.39 is 0 Å². The number of hydrogen-bond acceptors (Lipinski definition) is 8. The van der Waals surface area contributed by atoms with Gasteiger partial charge in [-0.2, -0.15) is 5.10 Å². The third-order valence-electron chi connectivity index (χ3n) is 5.91. The number of carbonyl (C=O) groups excluding carboxylic acids is 1. The molecule has 2 N–H and O–H groups in total. The number of phenols is 1. The van der Waals surface area contributed by atoms with Gasteiger partial charge in [-0.05, 0) is 67.1 Å². The summed E-state index contributed by atoms with van der Waals surface area (Å²) in [6.45, 7) is 0. The van der Waals surface area contributed by atoms with Crippen LogP contribution < -0.4 is 15.7 Å². The number of nitrogens with one attached hydrogen (secondary N) is 1. The van der Waals surface area contributed by atoms with Crippen LogP contribution in [-0.2, 0) is 17.6 Å². The minimum atomic E-state index is -0.332. The fraction of sp³-hybridized carbons (Fsp3) is 0.231. The molecule has 2 aromatic carbocycles. The van der Waals surface area contributed by atoms with Gasteiger partial charge in [-0.15, -0.1) is 11.3 Å². The summed E-state index contributed by atoms with van der Waals surface area (Å²) in [6, 6.07) is 14.1. The predicted molar refractivity (Wildman–Crippen MR) is 143 cm³/mol. The summed E-state index contributed by atoms with van der Waals surface area (Å²) in [4.78, 5) is 33.0. The highest BCUT2D eigenvalue weighted by Crippen LogP contribution is 2.35. The second-order valence-electron chi connectivity index (χ2n) is 8.27. The fourth-order valence-electron chi connectivity index (χ4n) is 4.20. The number of methoxy groups -OCH3 is 1. The molecule has 0 saturated heterocycles. The molecule has 36 heavy (non-hydrogen) atoms. The molecular formula is C26H24N4O4S2. The molecule has 8 nitrogen and oxygen atoms in total. The number of para-hydroxylation sites is 1. The van der Waals surface area contributed by atoms with E-state index in [4.69, 9.17) is 9.72 Å². The molecule has 0 bridgehead atoms. The van der Waals surface area contributed by atoms with Crippen LogP contribution in [0.1, 0.15) is 28.8 Å². The van der Waals surface area contributed by atoms with E-state index in [1.54, 1.807) is 28.0 Å². The Kier molecular flexibility index (Phi) is 7.06. The Hall–Kier alpha value is -3.63. The smallest absolute Gasteiger partial charge is 0.267 e. The number of hydrazone groups is 1. The van der Waals surface area contributed by atoms with Crippen molar-refractivity contribution < 1.29 is 14.6 Å². The molecule has 0 aliphatic heterocycles. The standard InChI is InChI=1S/C26H24N4O4S2/c1-34-20-13-16(11-12-19(20)31)14-27-29-22(32)15-35-26-28-24-23(18-9-5-6-10-21(18)36-24)25(33)30(26)17-7-3-2-4-8-17/h2-4,7-8,11-14,31H,5-6,9-10,15H2,1H3,(H,29,32)/b27-14-. The largest absolute Gasteiger partial charge is 0.504 e. The van der Waals surface area contributed by atoms with Gasteiger partial charge in [-0.25, -0.2) is 10.4 Å². The van der Waals surface area contributed by atoms with E-state index in [0.717, 1.165) is 41.8 Å². The van der Waals surface area contributed by atoms with Crippen molar-refractivity contribution in [1.29, 1.82) is 0 Å². The molecule has 10 heteroatoms. The summed E-state index contributed by atoms with van der Waals surface area (Å²) < 4.78 is 6.68. The van der Waals surface area contributed by atoms with Gasteiger partial charge in [0.05, 0.1) is 30.2 Å². The summed E-state index contributed by atoms with van der Waals surface area (Å²) in [5.41, 5.74) is 4.92. The lowest BCUT2D eigenvalue weighted by molar-refractivity contribution is -0.118. The maximum atomic E-state index is 13.7. The Morgan fingerprint density at radius 2 is 2.06 bits per heavy atom. The molecule has 184 valence electrons. The zero-order chi connectivity index (χ0) is 25.1. The Morgan fingerprint density at radius 1 is 1.25 bits per heavy atom. The second-order valence-corrected chi connectivity index (χ2v) is 10.3. The molecule has 0 spiro atoms. The first-order valence-corrected chi connectivity index (χ1v) is 13.3. The van der Waals surface area contributed by atoms with Crippen molar-refractivity contribution in [1.82, 2.24) is 15.0 Å². The number of carbonyl (C=O) groups is 1. The number of aromatic hydroxyl groups is 1. The number of aryl methyl sites for hydroxylation is 2. The SMILES string of the molecule is COc1cc(/C=N\NC(=O)CSc2nc3sc4c(c3c(=O)n2-c2ccccc2)CCCC4)ccc1O. The summed E-state index contributed by atoms with van der Waals surface area (Å²) in [7, 11) is 1.46. The van der Waals surface area contributed by atoms with E-state index in [0.29, 0.717) is 21.9 Å². The van der Waals surface area contributed by atoms with Crippen LogP contribution in [0.15, 0.2) is 63.6 Å². The second kappa shape index (κ2) is 10.5. The minimum Gasteiger partial charge on any atom is -0.504 e. The van der Waals surface area contributed by atoms with E-state index in [1.165, 1.54) is 36.0 Å². The van der Waals surface area contributed by atoms with Gasteiger partial charge in [-0.1, -0.05) is 30.0 Å². The van der Waals surface area contributed by atoms with Gasteiger partial charge in [-0.3, -0.25) is 14.2 Å². The van der Waals surface area contributed by atoms with Gasteiger partial charge in [0.15, 0.2) is 16.7 Å². The average molecular weight is 521 g/mol. The first kappa shape index (κ1) is 24.1. The highest BCUT2D eigenvalue weighted by atomic mass is 32.2. The predicted octanol–water partition coefficient (Wildman–Crippen LogP) is 4.28. The summed E-state index contributed by atoms with van der Waals surface area (Å²) in [5.74, 6) is 0.0417. The van der Waals surface area contributed by atoms with Crippen LogP contribution in [0.25, 0.3) is 15.9 Å². The zero-order valence-electron chi connectivity index (χ0n) is 19.6. The summed E-state index contributed by atoms with van der Waals surface area (Å²) >= 11 is 2.79. The number of nitrogens with zero attached hydrogens (tertiary/aromatic N) is 3. The van der Waals surface area contributed by atoms with Crippen molar-refractivity contribution in [3.8, 4) is 17.2 Å². The number of hydrogen-bond donors (Lipinski definition) is 2. The van der Waals surface area contributed by atoms with Gasteiger partial charge in [0.2, 0.25) is 0 Å². The molecule has 2 aromatic heterocycles. The van der Waals surface area contributed by atoms with Crippen LogP contribution >= 0.6 is 23.1 Å². The van der Waals surface area contributed by atoms with Crippen molar-refractivity contribution in [3.63, 3.8) is 0 Å². The first-order valence-electron chi connectivity index (χ1n) is 11.5. The van der Waals surface area contributed by atoms with Gasteiger partial charge in [0, 0.05) is 4.88 Å². The molecule has 4 aromatic rings. The van der Waals surface area contributed by atoms with Gasteiger partial charge < -0.3 is 9.84 Å². The fourth-order valence-corrected chi connectivity index (χ4v) is 6.31. The van der Waals surface area contributed by atoms with Crippen LogP contribution in [0.4, 0.5) is 0 Å². The van der Waals surface area contributed by atoms with Crippen molar-refractivity contribution in [2.24, 2.45) is 5.10 Å². The van der Waals surface area contributed by atoms with E-state index in [1.807, 2.05) is 30.3 Å². The van der Waals surface area contributed by atoms with Crippen LogP contribution in [0, 0.1) is 0 Å². The molecule has 1 aliphatic rings. The molecular weight excluding hydrogens is 496 g/mol. The van der Waals surface area contributed by atoms with Crippen molar-refractivity contribution in [2.75, 3.05) is 12.9 Å². The topological polar surface area (TPSA) is 106 Å². The third kappa shape index (κ3) is 4.87. The lowest BCUT2D eigenvalue weighted by Crippen LogP contribution is -2.24. The highest BCUT2D eigenvalue weighted by molar-refractivity contribution is 7.99. The normalized spacial score (nSPS) is 13.1. The first-order chi connectivity index (χ1) is 17.5. The van der Waals surface area contributed by atoms with Crippen LogP contribution in [0.3, 0.4) is 0 Å². The molecule has 0 radical (unpaired) electrons. The third-order valence-corrected chi connectivity index (χ3v) is 8.04. The maximum Gasteiger partial charge on any atom is 0.267 e. The van der Waals surface area contributed by atoms with Crippen LogP contribution in [-0.4, -0.2) is 39.6 Å². The van der Waals surface area contributed by atoms with Crippen molar-refractivity contribution in [2.45, 2.75) is 30.8 Å². The lowest BCUT2D eigenvalue weighted by Gasteiger charge is -2.13. The zero-order valence-corrected chi connectivity index (χ0v) is 21.2. The molecule has 1 aliphatic carbocycles. The summed E-state index contributed by atoms with van der Waals surface area (Å²) in [6.07, 6.45) is 5.56. The lowest BCUT2D eigenvalue weighted by atomic mass is 9.97. The Labute approximate surface area is 215 Å². The monoisotopic (exact) mass is 520 g/mol. The quantitative estimate of drug-likeness (QED) is 0.163. The minimum absolute atomic E-state index is 0.0237. The van der Waals surface area contributed by atoms with Crippen molar-refractivity contribution in [3.05, 3.63) is 74.9 Å². The summed E-state index contributed by atoms with van der Waals surface area (Å²) in [5, 5.41) is 14.9. The Balaban J connectivity index is 1.38. The molecule has 0 saturated carbocycles. The number of rotatable bonds is 7. The molecule has 0 fully saturated rings. The Morgan fingerprint density at radius 3 is 2.86 bits per heavy atom. The number of benzene rings is 2. The number of phenolic OH excluding ortho intramolecular Hbond substituents is 1. The van der Waals surface area contributed by atoms with Gasteiger partial charge in [0.25, 0.3) is 11.5 Å². The number of ether oxygens (including phenoxy) is 1. The molecule has 0 unspecified atom stereocenters. The van der Waals surface area contributed by atoms with Crippen LogP contribution in [0.2, 0.25) is 0 Å². The van der Waals surface area contributed by atoms with Crippen LogP contribution in [0.5, 0.6) is 11.5 Å². The molecule has 0 atom stereocenters. The number of thiophene rings is 1. The number of fused-ring (bicyclic) bond motifs is 3. The number of amides is 1. The number of aromatic nitrogens is 2. The number of thioether (sulfide) groups is 1. The molecule has 2 heterocycles. The Bertz CT molecular complexity index is 1510. The molecule has 5 rings (SSSR count). The van der Waals surface area contributed by atoms with E-state index in [2.05, 4.69) is 10.5 Å². The van der Waals surface area contributed by atoms with E-state index in [-0.39, 0.29) is 23.0 Å².